The quantitative estimate of drug-likeness (QED) is 0.817. The summed E-state index contributed by atoms with van der Waals surface area (Å²) in [5.41, 5.74) is 0.822. The molecule has 0 aliphatic heterocycles. The van der Waals surface area contributed by atoms with Crippen LogP contribution in [0.25, 0.3) is 10.9 Å². The maximum Gasteiger partial charge on any atom is 0.320 e. The van der Waals surface area contributed by atoms with Gasteiger partial charge in [0.25, 0.3) is 0 Å². The zero-order valence-corrected chi connectivity index (χ0v) is 10.3. The Balaban J connectivity index is 2.60. The molecule has 1 aromatic heterocycles. The molecule has 0 saturated heterocycles. The molecule has 0 radical (unpaired) electrons. The van der Waals surface area contributed by atoms with Crippen molar-refractivity contribution in [3.63, 3.8) is 0 Å². The van der Waals surface area contributed by atoms with Crippen molar-refractivity contribution < 1.29 is 7.80 Å². The van der Waals surface area contributed by atoms with E-state index < -0.39 is 0 Å². The molecule has 0 aliphatic carbocycles. The number of para-hydroxylation sites is 1. The lowest BCUT2D eigenvalue weighted by Crippen LogP contribution is -1.98. The van der Waals surface area contributed by atoms with Gasteiger partial charge in [-0.2, -0.15) is 9.97 Å². The van der Waals surface area contributed by atoms with E-state index in [0.717, 1.165) is 10.9 Å². The molecule has 0 atom stereocenters. The highest BCUT2D eigenvalue weighted by Crippen LogP contribution is 2.25. The van der Waals surface area contributed by atoms with E-state index in [2.05, 4.69) is 9.97 Å². The summed E-state index contributed by atoms with van der Waals surface area (Å²) < 4.78 is 10.4. The topological polar surface area (TPSA) is 44.2 Å². The van der Waals surface area contributed by atoms with Gasteiger partial charge in [0.05, 0.1) is 17.5 Å². The number of hydrogen-bond donors (Lipinski definition) is 0. The number of halogens is 1. The number of aromatic nitrogens is 2. The van der Waals surface area contributed by atoms with Crippen LogP contribution < -0.4 is 7.80 Å². The molecule has 0 N–H and O–H groups in total. The summed E-state index contributed by atoms with van der Waals surface area (Å²) in [6.45, 7) is 2.43. The molecule has 4 nitrogen and oxygen atoms in total. The van der Waals surface area contributed by atoms with Crippen molar-refractivity contribution in [2.24, 2.45) is 0 Å². The van der Waals surface area contributed by atoms with E-state index in [4.69, 9.17) is 7.80 Å². The van der Waals surface area contributed by atoms with Crippen molar-refractivity contribution in [2.75, 3.05) is 6.61 Å². The third-order valence-corrected chi connectivity index (χ3v) is 2.31. The lowest BCUT2D eigenvalue weighted by molar-refractivity contribution is 0.312. The highest BCUT2D eigenvalue weighted by molar-refractivity contribution is 14.1. The minimum atomic E-state index is 0.350. The number of nitrogens with zero attached hydrogens (tertiary/aromatic N) is 2. The maximum absolute atomic E-state index is 5.25. The van der Waals surface area contributed by atoms with Gasteiger partial charge < -0.3 is 7.80 Å². The minimum Gasteiger partial charge on any atom is -0.464 e. The second-order valence-corrected chi connectivity index (χ2v) is 3.28. The van der Waals surface area contributed by atoms with E-state index in [9.17, 15) is 0 Å². The first-order valence-corrected chi connectivity index (χ1v) is 5.41. The van der Waals surface area contributed by atoms with Crippen LogP contribution in [-0.4, -0.2) is 16.6 Å². The Hall–Kier alpha value is -1.11. The van der Waals surface area contributed by atoms with Gasteiger partial charge in [-0.3, -0.25) is 0 Å². The Bertz CT molecular complexity index is 476. The van der Waals surface area contributed by atoms with Crippen LogP contribution >= 0.6 is 23.0 Å². The van der Waals surface area contributed by atoms with E-state index in [-0.39, 0.29) is 0 Å². The number of hydrogen-bond acceptors (Lipinski definition) is 4. The molecule has 0 fully saturated rings. The SMILES string of the molecule is CCOc1nc(OI)c2ccccc2n1. The molecule has 78 valence electrons. The smallest absolute Gasteiger partial charge is 0.320 e. The highest BCUT2D eigenvalue weighted by atomic mass is 127. The summed E-state index contributed by atoms with van der Waals surface area (Å²) in [6, 6.07) is 8.01. The van der Waals surface area contributed by atoms with Crippen molar-refractivity contribution in [2.45, 2.75) is 6.92 Å². The minimum absolute atomic E-state index is 0.350. The monoisotopic (exact) mass is 316 g/mol. The molecule has 0 unspecified atom stereocenters. The average molecular weight is 316 g/mol. The van der Waals surface area contributed by atoms with Crippen molar-refractivity contribution in [1.82, 2.24) is 9.97 Å². The molecular weight excluding hydrogens is 307 g/mol. The predicted molar refractivity (Wildman–Crippen MR) is 65.4 cm³/mol. The number of ether oxygens (including phenoxy) is 1. The average Bonchev–Trinajstić information content (AvgIpc) is 2.28. The molecule has 2 aromatic rings. The van der Waals surface area contributed by atoms with Gasteiger partial charge in [0, 0.05) is 0 Å². The fourth-order valence-corrected chi connectivity index (χ4v) is 1.62. The van der Waals surface area contributed by atoms with E-state index in [0.29, 0.717) is 18.5 Å². The summed E-state index contributed by atoms with van der Waals surface area (Å²) >= 11 is 1.80. The Labute approximate surface area is 101 Å². The van der Waals surface area contributed by atoms with Gasteiger partial charge >= 0.3 is 6.01 Å². The summed E-state index contributed by atoms with van der Waals surface area (Å²) in [5.74, 6) is 0.532. The standard InChI is InChI=1S/C10H9IN2O2/c1-2-14-10-12-8-6-4-3-5-7(8)9(13-10)15-11/h3-6H,2H2,1H3. The molecule has 1 heterocycles. The van der Waals surface area contributed by atoms with E-state index in [1.165, 1.54) is 0 Å². The molecule has 5 heteroatoms. The molecule has 0 spiro atoms. The van der Waals surface area contributed by atoms with Gasteiger partial charge in [-0.05, 0) is 19.1 Å². The number of fused-ring (bicyclic) bond motifs is 1. The zero-order chi connectivity index (χ0) is 10.7. The van der Waals surface area contributed by atoms with Crippen LogP contribution in [0.5, 0.6) is 11.9 Å². The Kier molecular flexibility index (Phi) is 3.20. The molecule has 0 amide bonds. The number of rotatable bonds is 3. The van der Waals surface area contributed by atoms with Crippen LogP contribution in [0, 0.1) is 0 Å². The summed E-state index contributed by atoms with van der Waals surface area (Å²) in [7, 11) is 0. The van der Waals surface area contributed by atoms with Crippen LogP contribution in [-0.2, 0) is 0 Å². The zero-order valence-electron chi connectivity index (χ0n) is 8.11. The second kappa shape index (κ2) is 4.61. The van der Waals surface area contributed by atoms with Gasteiger partial charge in [0.1, 0.15) is 0 Å². The molecule has 2 rings (SSSR count). The largest absolute Gasteiger partial charge is 0.464 e. The van der Waals surface area contributed by atoms with Gasteiger partial charge in [-0.1, -0.05) is 12.1 Å². The predicted octanol–water partition coefficient (Wildman–Crippen LogP) is 2.76. The van der Waals surface area contributed by atoms with Crippen molar-refractivity contribution in [3.8, 4) is 11.9 Å². The fraction of sp³-hybridized carbons (Fsp3) is 0.200. The third-order valence-electron chi connectivity index (χ3n) is 1.89. The normalized spacial score (nSPS) is 10.3. The summed E-state index contributed by atoms with van der Waals surface area (Å²) in [4.78, 5) is 8.40. The Morgan fingerprint density at radius 2 is 2.07 bits per heavy atom. The molecule has 1 aromatic carbocycles. The lowest BCUT2D eigenvalue weighted by atomic mass is 10.2. The highest BCUT2D eigenvalue weighted by Gasteiger charge is 2.08. The van der Waals surface area contributed by atoms with Crippen LogP contribution in [0.4, 0.5) is 0 Å². The first kappa shape index (κ1) is 10.4. The third kappa shape index (κ3) is 2.11. The first-order chi connectivity index (χ1) is 7.35. The van der Waals surface area contributed by atoms with Crippen LogP contribution in [0.15, 0.2) is 24.3 Å². The maximum atomic E-state index is 5.25. The summed E-state index contributed by atoms with van der Waals surface area (Å²) in [5, 5.41) is 0.885. The van der Waals surface area contributed by atoms with E-state index in [1.54, 1.807) is 23.0 Å². The molecule has 0 bridgehead atoms. The molecule has 0 aliphatic rings. The number of benzene rings is 1. The second-order valence-electron chi connectivity index (χ2n) is 2.84. The first-order valence-electron chi connectivity index (χ1n) is 4.53. The van der Waals surface area contributed by atoms with Gasteiger partial charge in [-0.25, -0.2) is 0 Å². The van der Waals surface area contributed by atoms with Gasteiger partial charge in [0.2, 0.25) is 5.88 Å². The van der Waals surface area contributed by atoms with Crippen LogP contribution in [0.1, 0.15) is 6.92 Å². The molecule has 15 heavy (non-hydrogen) atoms. The van der Waals surface area contributed by atoms with Crippen molar-refractivity contribution >= 4 is 33.9 Å². The fourth-order valence-electron chi connectivity index (χ4n) is 1.28. The Morgan fingerprint density at radius 3 is 2.80 bits per heavy atom. The van der Waals surface area contributed by atoms with Crippen LogP contribution in [0.2, 0.25) is 0 Å². The van der Waals surface area contributed by atoms with Gasteiger partial charge in [0.15, 0.2) is 23.0 Å². The van der Waals surface area contributed by atoms with Crippen molar-refractivity contribution in [3.05, 3.63) is 24.3 Å². The van der Waals surface area contributed by atoms with Crippen LogP contribution in [0.3, 0.4) is 0 Å². The van der Waals surface area contributed by atoms with E-state index >= 15 is 0 Å². The molecular formula is C10H9IN2O2. The van der Waals surface area contributed by atoms with E-state index in [1.807, 2.05) is 31.2 Å². The Morgan fingerprint density at radius 1 is 1.27 bits per heavy atom. The molecule has 0 saturated carbocycles. The lowest BCUT2D eigenvalue weighted by Gasteiger charge is -2.05. The van der Waals surface area contributed by atoms with Crippen molar-refractivity contribution in [1.29, 1.82) is 0 Å². The van der Waals surface area contributed by atoms with Gasteiger partial charge in [-0.15, -0.1) is 0 Å². The summed E-state index contributed by atoms with van der Waals surface area (Å²) in [6.07, 6.45) is 0.